The second kappa shape index (κ2) is 13.7. The maximum absolute atomic E-state index is 2.51. The van der Waals surface area contributed by atoms with Gasteiger partial charge in [-0.05, 0) is 109 Å². The Morgan fingerprint density at radius 2 is 0.702 bits per heavy atom. The fourth-order valence-corrected chi connectivity index (χ4v) is 9.10. The van der Waals surface area contributed by atoms with E-state index in [0.29, 0.717) is 0 Å². The predicted octanol–water partition coefficient (Wildman–Crippen LogP) is 12.4. The van der Waals surface area contributed by atoms with Crippen LogP contribution in [0.1, 0.15) is 0 Å². The molecule has 9 aromatic carbocycles. The zero-order chi connectivity index (χ0) is 37.7. The Hall–Kier alpha value is -7.36. The molecular weight excluding hydrogens is 687 g/mol. The molecule has 0 saturated carbocycles. The van der Waals surface area contributed by atoms with Gasteiger partial charge in [-0.2, -0.15) is 0 Å². The third kappa shape index (κ3) is 5.59. The average Bonchev–Trinajstić information content (AvgIpc) is 3.30. The van der Waals surface area contributed by atoms with Crippen LogP contribution in [-0.2, 0) is 0 Å². The highest BCUT2D eigenvalue weighted by Crippen LogP contribution is 2.46. The Labute approximate surface area is 334 Å². The minimum Gasteiger partial charge on any atom is -0.311 e. The first kappa shape index (κ1) is 33.0. The number of fused-ring (bicyclic) bond motifs is 4. The van der Waals surface area contributed by atoms with Gasteiger partial charge in [0.1, 0.15) is 0 Å². The van der Waals surface area contributed by atoms with Gasteiger partial charge in [0.15, 0.2) is 0 Å². The van der Waals surface area contributed by atoms with Crippen molar-refractivity contribution in [3.63, 3.8) is 0 Å². The van der Waals surface area contributed by atoms with Crippen molar-refractivity contribution in [1.29, 1.82) is 0 Å². The van der Waals surface area contributed by atoms with Gasteiger partial charge < -0.3 is 9.80 Å². The van der Waals surface area contributed by atoms with E-state index in [4.69, 9.17) is 0 Å². The third-order valence-electron chi connectivity index (χ3n) is 11.7. The van der Waals surface area contributed by atoms with Crippen molar-refractivity contribution in [2.45, 2.75) is 0 Å². The molecule has 0 unspecified atom stereocenters. The number of rotatable bonds is 6. The molecule has 0 bridgehead atoms. The van der Waals surface area contributed by atoms with E-state index in [1.165, 1.54) is 83.6 Å². The van der Waals surface area contributed by atoms with Gasteiger partial charge in [0.2, 0.25) is 0 Å². The minimum absolute atomic E-state index is 0.00386. The van der Waals surface area contributed by atoms with Gasteiger partial charge in [0, 0.05) is 34.1 Å². The number of hydrogen-bond donors (Lipinski definition) is 0. The third-order valence-corrected chi connectivity index (χ3v) is 11.7. The number of nitrogens with zero attached hydrogens (tertiary/aromatic N) is 2. The van der Waals surface area contributed by atoms with Crippen LogP contribution in [0.2, 0.25) is 0 Å². The highest BCUT2D eigenvalue weighted by molar-refractivity contribution is 7.01. The monoisotopic (exact) mass is 724 g/mol. The lowest BCUT2D eigenvalue weighted by molar-refractivity contribution is 1.25. The predicted molar refractivity (Wildman–Crippen MR) is 242 cm³/mol. The summed E-state index contributed by atoms with van der Waals surface area (Å²) in [5, 5.41) is 0. The molecule has 0 aliphatic carbocycles. The maximum atomic E-state index is 2.51. The number of anilines is 6. The molecule has 0 radical (unpaired) electrons. The lowest BCUT2D eigenvalue weighted by Gasteiger charge is -2.45. The summed E-state index contributed by atoms with van der Waals surface area (Å²) in [6, 6.07) is 82.0. The summed E-state index contributed by atoms with van der Waals surface area (Å²) < 4.78 is 0. The second-order valence-corrected chi connectivity index (χ2v) is 14.9. The minimum atomic E-state index is -0.00386. The fourth-order valence-electron chi connectivity index (χ4n) is 9.10. The van der Waals surface area contributed by atoms with Crippen LogP contribution in [0.4, 0.5) is 34.1 Å². The van der Waals surface area contributed by atoms with Crippen LogP contribution in [-0.4, -0.2) is 6.71 Å². The molecule has 0 saturated heterocycles. The standard InChI is InChI=1S/C54H37BN2/c1-5-16-38(17-6-1)41-30-33-45(34-31-41)56-49-27-14-26-47(42-22-11-4-12-23-42)53(49)55-48-35-32-44(40-20-9-3-10-21-40)37-52(48)57(51-29-15-28-50(56)54(51)55)46-25-13-24-43(36-46)39-18-7-2-8-19-39/h1-37H. The van der Waals surface area contributed by atoms with Gasteiger partial charge in [-0.15, -0.1) is 0 Å². The Morgan fingerprint density at radius 1 is 0.263 bits per heavy atom. The summed E-state index contributed by atoms with van der Waals surface area (Å²) in [5.41, 5.74) is 20.7. The van der Waals surface area contributed by atoms with E-state index in [0.717, 1.165) is 11.4 Å². The van der Waals surface area contributed by atoms with Crippen molar-refractivity contribution in [3.05, 3.63) is 224 Å². The van der Waals surface area contributed by atoms with E-state index in [2.05, 4.69) is 234 Å². The SMILES string of the molecule is c1ccc(-c2ccc(N3c4cccc(-c5ccccc5)c4B4c5ccc(-c6ccccc6)cc5N(c5cccc(-c6ccccc6)c5)c5cccc3c54)cc2)cc1. The van der Waals surface area contributed by atoms with Crippen molar-refractivity contribution >= 4 is 57.2 Å². The van der Waals surface area contributed by atoms with Crippen LogP contribution < -0.4 is 26.2 Å². The van der Waals surface area contributed by atoms with E-state index in [9.17, 15) is 0 Å². The smallest absolute Gasteiger partial charge is 0.252 e. The molecule has 0 atom stereocenters. The molecule has 9 aromatic rings. The van der Waals surface area contributed by atoms with E-state index >= 15 is 0 Å². The molecule has 3 heteroatoms. The quantitative estimate of drug-likeness (QED) is 0.158. The Kier molecular flexibility index (Phi) is 7.96. The Morgan fingerprint density at radius 3 is 1.32 bits per heavy atom. The Balaban J connectivity index is 1.19. The van der Waals surface area contributed by atoms with Gasteiger partial charge >= 0.3 is 0 Å². The van der Waals surface area contributed by atoms with Crippen LogP contribution in [0.5, 0.6) is 0 Å². The first-order valence-corrected chi connectivity index (χ1v) is 19.7. The second-order valence-electron chi connectivity index (χ2n) is 14.9. The molecule has 0 amide bonds. The van der Waals surface area contributed by atoms with Crippen molar-refractivity contribution in [2.24, 2.45) is 0 Å². The van der Waals surface area contributed by atoms with Gasteiger partial charge in [-0.1, -0.05) is 176 Å². The number of hydrogen-bond acceptors (Lipinski definition) is 2. The summed E-state index contributed by atoms with van der Waals surface area (Å²) >= 11 is 0. The van der Waals surface area contributed by atoms with Crippen molar-refractivity contribution in [1.82, 2.24) is 0 Å². The average molecular weight is 725 g/mol. The molecular formula is C54H37BN2. The van der Waals surface area contributed by atoms with E-state index in [1.54, 1.807) is 0 Å². The lowest BCUT2D eigenvalue weighted by Crippen LogP contribution is -2.61. The molecule has 2 aliphatic rings. The normalized spacial score (nSPS) is 12.5. The highest BCUT2D eigenvalue weighted by Gasteiger charge is 2.44. The zero-order valence-corrected chi connectivity index (χ0v) is 31.3. The van der Waals surface area contributed by atoms with Gasteiger partial charge in [0.25, 0.3) is 6.71 Å². The highest BCUT2D eigenvalue weighted by atomic mass is 15.2. The fraction of sp³-hybridized carbons (Fsp3) is 0. The summed E-state index contributed by atoms with van der Waals surface area (Å²) in [5.74, 6) is 0. The topological polar surface area (TPSA) is 6.48 Å². The molecule has 0 spiro atoms. The lowest BCUT2D eigenvalue weighted by atomic mass is 9.32. The van der Waals surface area contributed by atoms with E-state index in [1.807, 2.05) is 0 Å². The molecule has 11 rings (SSSR count). The van der Waals surface area contributed by atoms with Crippen molar-refractivity contribution < 1.29 is 0 Å². The van der Waals surface area contributed by atoms with Gasteiger partial charge in [0.05, 0.1) is 0 Å². The van der Waals surface area contributed by atoms with Gasteiger partial charge in [-0.3, -0.25) is 0 Å². The zero-order valence-electron chi connectivity index (χ0n) is 31.3. The van der Waals surface area contributed by atoms with Crippen LogP contribution in [0.25, 0.3) is 44.5 Å². The summed E-state index contributed by atoms with van der Waals surface area (Å²) in [6.45, 7) is -0.00386. The summed E-state index contributed by atoms with van der Waals surface area (Å²) in [7, 11) is 0. The molecule has 2 aliphatic heterocycles. The van der Waals surface area contributed by atoms with Crippen molar-refractivity contribution in [2.75, 3.05) is 9.80 Å². The summed E-state index contributed by atoms with van der Waals surface area (Å²) in [6.07, 6.45) is 0. The molecule has 0 aromatic heterocycles. The first-order valence-electron chi connectivity index (χ1n) is 19.7. The van der Waals surface area contributed by atoms with Crippen LogP contribution in [0.15, 0.2) is 224 Å². The van der Waals surface area contributed by atoms with Crippen molar-refractivity contribution in [3.8, 4) is 44.5 Å². The molecule has 2 heterocycles. The molecule has 0 N–H and O–H groups in total. The van der Waals surface area contributed by atoms with Crippen LogP contribution >= 0.6 is 0 Å². The van der Waals surface area contributed by atoms with Crippen LogP contribution in [0.3, 0.4) is 0 Å². The van der Waals surface area contributed by atoms with E-state index < -0.39 is 0 Å². The largest absolute Gasteiger partial charge is 0.311 e. The van der Waals surface area contributed by atoms with Gasteiger partial charge in [-0.25, -0.2) is 0 Å². The van der Waals surface area contributed by atoms with E-state index in [-0.39, 0.29) is 6.71 Å². The summed E-state index contributed by atoms with van der Waals surface area (Å²) in [4.78, 5) is 5.00. The van der Waals surface area contributed by atoms with Crippen LogP contribution in [0, 0.1) is 0 Å². The molecule has 0 fully saturated rings. The first-order chi connectivity index (χ1) is 28.3. The Bertz CT molecular complexity index is 2890. The maximum Gasteiger partial charge on any atom is 0.252 e. The molecule has 57 heavy (non-hydrogen) atoms. The number of benzene rings is 9. The molecule has 266 valence electrons. The molecule has 2 nitrogen and oxygen atoms in total.